The van der Waals surface area contributed by atoms with E-state index in [4.69, 9.17) is 5.11 Å². The summed E-state index contributed by atoms with van der Waals surface area (Å²) in [5.74, 6) is -1.17. The van der Waals surface area contributed by atoms with Crippen molar-refractivity contribution in [3.63, 3.8) is 0 Å². The zero-order chi connectivity index (χ0) is 14.0. The van der Waals surface area contributed by atoms with Crippen molar-refractivity contribution in [2.75, 3.05) is 18.6 Å². The van der Waals surface area contributed by atoms with E-state index in [9.17, 15) is 18.0 Å². The molecule has 1 amide bonds. The Hall–Kier alpha value is -1.11. The highest BCUT2D eigenvalue weighted by Crippen LogP contribution is 2.02. The van der Waals surface area contributed by atoms with Gasteiger partial charge in [0.15, 0.2) is 0 Å². The van der Waals surface area contributed by atoms with Crippen LogP contribution in [0.1, 0.15) is 38.5 Å². The molecule has 2 N–H and O–H groups in total. The summed E-state index contributed by atoms with van der Waals surface area (Å²) < 4.78 is 21.6. The highest BCUT2D eigenvalue weighted by molar-refractivity contribution is 7.90. The molecule has 0 aliphatic heterocycles. The Morgan fingerprint density at radius 2 is 1.67 bits per heavy atom. The minimum atomic E-state index is -3.09. The highest BCUT2D eigenvalue weighted by Gasteiger charge is 2.07. The fourth-order valence-corrected chi connectivity index (χ4v) is 1.91. The van der Waals surface area contributed by atoms with E-state index in [0.717, 1.165) is 25.5 Å². The van der Waals surface area contributed by atoms with Gasteiger partial charge in [0.2, 0.25) is 5.91 Å². The van der Waals surface area contributed by atoms with Crippen molar-refractivity contribution in [2.24, 2.45) is 0 Å². The number of aliphatic carboxylic acids is 1. The number of carboxylic acids is 1. The van der Waals surface area contributed by atoms with Gasteiger partial charge in [-0.1, -0.05) is 12.8 Å². The number of carbonyl (C=O) groups excluding carboxylic acids is 1. The molecule has 0 spiro atoms. The second-order valence-electron chi connectivity index (χ2n) is 4.29. The number of unbranched alkanes of at least 4 members (excludes halogenated alkanes) is 3. The molecule has 0 atom stereocenters. The predicted molar refractivity (Wildman–Crippen MR) is 68.1 cm³/mol. The normalized spacial score (nSPS) is 11.2. The molecule has 0 saturated heterocycles. The predicted octanol–water partition coefficient (Wildman–Crippen LogP) is 0.572. The molecule has 0 unspecified atom stereocenters. The van der Waals surface area contributed by atoms with E-state index in [1.165, 1.54) is 0 Å². The fraction of sp³-hybridized carbons (Fsp3) is 0.818. The molecule has 0 aliphatic carbocycles. The van der Waals surface area contributed by atoms with Crippen LogP contribution >= 0.6 is 0 Å². The molecule has 0 aliphatic rings. The van der Waals surface area contributed by atoms with Crippen LogP contribution in [0.3, 0.4) is 0 Å². The van der Waals surface area contributed by atoms with Gasteiger partial charge in [0.05, 0.1) is 5.75 Å². The second-order valence-corrected chi connectivity index (χ2v) is 6.55. The van der Waals surface area contributed by atoms with Gasteiger partial charge in [-0.15, -0.1) is 0 Å². The van der Waals surface area contributed by atoms with Crippen LogP contribution in [-0.2, 0) is 19.4 Å². The first-order valence-electron chi connectivity index (χ1n) is 5.97. The Morgan fingerprint density at radius 1 is 1.06 bits per heavy atom. The van der Waals surface area contributed by atoms with Gasteiger partial charge in [0.1, 0.15) is 9.84 Å². The van der Waals surface area contributed by atoms with Crippen LogP contribution < -0.4 is 5.32 Å². The number of carboxylic acid groups (broad SMARTS) is 1. The van der Waals surface area contributed by atoms with E-state index >= 15 is 0 Å². The summed E-state index contributed by atoms with van der Waals surface area (Å²) in [4.78, 5) is 21.4. The Morgan fingerprint density at radius 3 is 2.22 bits per heavy atom. The van der Waals surface area contributed by atoms with E-state index in [2.05, 4.69) is 5.32 Å². The van der Waals surface area contributed by atoms with Gasteiger partial charge in [-0.2, -0.15) is 0 Å². The number of hydrogen-bond acceptors (Lipinski definition) is 4. The van der Waals surface area contributed by atoms with E-state index < -0.39 is 15.8 Å². The Kier molecular flexibility index (Phi) is 8.36. The largest absolute Gasteiger partial charge is 0.481 e. The van der Waals surface area contributed by atoms with E-state index in [0.29, 0.717) is 13.0 Å². The number of carbonyl (C=O) groups is 2. The Labute approximate surface area is 108 Å². The zero-order valence-electron chi connectivity index (χ0n) is 10.6. The van der Waals surface area contributed by atoms with Gasteiger partial charge >= 0.3 is 5.97 Å². The average molecular weight is 279 g/mol. The number of nitrogens with one attached hydrogen (secondary N) is 1. The van der Waals surface area contributed by atoms with E-state index in [1.54, 1.807) is 0 Å². The lowest BCUT2D eigenvalue weighted by atomic mass is 10.1. The van der Waals surface area contributed by atoms with Crippen molar-refractivity contribution in [3.8, 4) is 0 Å². The lowest BCUT2D eigenvalue weighted by Crippen LogP contribution is -2.26. The molecular weight excluding hydrogens is 258 g/mol. The Balaban J connectivity index is 3.38. The average Bonchev–Trinajstić information content (AvgIpc) is 2.23. The topological polar surface area (TPSA) is 101 Å². The molecule has 0 radical (unpaired) electrons. The molecular formula is C11H21NO5S. The van der Waals surface area contributed by atoms with Crippen molar-refractivity contribution in [1.29, 1.82) is 0 Å². The lowest BCUT2D eigenvalue weighted by molar-refractivity contribution is -0.137. The first-order valence-corrected chi connectivity index (χ1v) is 8.03. The van der Waals surface area contributed by atoms with Crippen molar-refractivity contribution >= 4 is 21.7 Å². The molecule has 0 heterocycles. The molecule has 0 aromatic rings. The van der Waals surface area contributed by atoms with Crippen molar-refractivity contribution in [3.05, 3.63) is 0 Å². The number of amides is 1. The van der Waals surface area contributed by atoms with Crippen LogP contribution in [-0.4, -0.2) is 44.0 Å². The highest BCUT2D eigenvalue weighted by atomic mass is 32.2. The minimum absolute atomic E-state index is 0.00214. The van der Waals surface area contributed by atoms with Gasteiger partial charge < -0.3 is 10.4 Å². The molecule has 0 rings (SSSR count). The van der Waals surface area contributed by atoms with Gasteiger partial charge in [-0.3, -0.25) is 9.59 Å². The third-order valence-electron chi connectivity index (χ3n) is 2.34. The quantitative estimate of drug-likeness (QED) is 0.569. The number of rotatable bonds is 10. The monoisotopic (exact) mass is 279 g/mol. The van der Waals surface area contributed by atoms with Crippen LogP contribution in [0.25, 0.3) is 0 Å². The van der Waals surface area contributed by atoms with Crippen LogP contribution in [0.15, 0.2) is 0 Å². The summed E-state index contributed by atoms with van der Waals surface area (Å²) in [6.07, 6.45) is 4.40. The molecule has 18 heavy (non-hydrogen) atoms. The zero-order valence-corrected chi connectivity index (χ0v) is 11.5. The SMILES string of the molecule is CS(=O)(=O)CCC(=O)NCCCCCCC(=O)O. The summed E-state index contributed by atoms with van der Waals surface area (Å²) in [5, 5.41) is 11.0. The van der Waals surface area contributed by atoms with Gasteiger partial charge in [-0.25, -0.2) is 8.42 Å². The molecule has 0 saturated carbocycles. The molecule has 0 bridgehead atoms. The molecule has 0 aromatic carbocycles. The van der Waals surface area contributed by atoms with Crippen LogP contribution in [0.2, 0.25) is 0 Å². The maximum Gasteiger partial charge on any atom is 0.303 e. The fourth-order valence-electron chi connectivity index (χ4n) is 1.35. The standard InChI is InChI=1S/C11H21NO5S/c1-18(16,17)9-7-10(13)12-8-5-3-2-4-6-11(14)15/h2-9H2,1H3,(H,12,13)(H,14,15). The van der Waals surface area contributed by atoms with Crippen molar-refractivity contribution in [1.82, 2.24) is 5.32 Å². The molecule has 0 aromatic heterocycles. The summed E-state index contributed by atoms with van der Waals surface area (Å²) in [5.41, 5.74) is 0. The first kappa shape index (κ1) is 16.9. The summed E-state index contributed by atoms with van der Waals surface area (Å²) in [6, 6.07) is 0. The van der Waals surface area contributed by atoms with Crippen LogP contribution in [0.4, 0.5) is 0 Å². The minimum Gasteiger partial charge on any atom is -0.481 e. The number of hydrogen-bond donors (Lipinski definition) is 2. The van der Waals surface area contributed by atoms with Crippen molar-refractivity contribution < 1.29 is 23.1 Å². The molecule has 0 fully saturated rings. The van der Waals surface area contributed by atoms with Gasteiger partial charge in [0, 0.05) is 25.6 Å². The first-order chi connectivity index (χ1) is 8.31. The summed E-state index contributed by atoms with van der Waals surface area (Å²) in [7, 11) is -3.09. The van der Waals surface area contributed by atoms with Crippen LogP contribution in [0.5, 0.6) is 0 Å². The lowest BCUT2D eigenvalue weighted by Gasteiger charge is -2.04. The molecule has 106 valence electrons. The third-order valence-corrected chi connectivity index (χ3v) is 3.29. The van der Waals surface area contributed by atoms with E-state index in [-0.39, 0.29) is 24.5 Å². The summed E-state index contributed by atoms with van der Waals surface area (Å²) >= 11 is 0. The molecule has 7 heteroatoms. The third kappa shape index (κ3) is 13.0. The maximum atomic E-state index is 11.2. The maximum absolute atomic E-state index is 11.2. The van der Waals surface area contributed by atoms with Crippen molar-refractivity contribution in [2.45, 2.75) is 38.5 Å². The van der Waals surface area contributed by atoms with Gasteiger partial charge in [0.25, 0.3) is 0 Å². The van der Waals surface area contributed by atoms with Crippen LogP contribution in [0, 0.1) is 0 Å². The molecule has 6 nitrogen and oxygen atoms in total. The number of sulfone groups is 1. The smallest absolute Gasteiger partial charge is 0.303 e. The van der Waals surface area contributed by atoms with E-state index in [1.807, 2.05) is 0 Å². The summed E-state index contributed by atoms with van der Waals surface area (Å²) in [6.45, 7) is 0.510. The Bertz CT molecular complexity index is 364. The van der Waals surface area contributed by atoms with Gasteiger partial charge in [-0.05, 0) is 12.8 Å². The second kappa shape index (κ2) is 8.91.